The highest BCUT2D eigenvalue weighted by Gasteiger charge is 2.15. The highest BCUT2D eigenvalue weighted by molar-refractivity contribution is 6.30. The van der Waals surface area contributed by atoms with Crippen molar-refractivity contribution in [2.24, 2.45) is 0 Å². The van der Waals surface area contributed by atoms with Gasteiger partial charge in [0.2, 0.25) is 0 Å². The van der Waals surface area contributed by atoms with Gasteiger partial charge in [-0.2, -0.15) is 0 Å². The number of ketones is 1. The lowest BCUT2D eigenvalue weighted by Gasteiger charge is -2.18. The van der Waals surface area contributed by atoms with Gasteiger partial charge in [0.05, 0.1) is 0 Å². The number of benzene rings is 1. The van der Waals surface area contributed by atoms with Gasteiger partial charge >= 0.3 is 0 Å². The molecule has 0 saturated heterocycles. The summed E-state index contributed by atoms with van der Waals surface area (Å²) in [5, 5.41) is 0. The summed E-state index contributed by atoms with van der Waals surface area (Å²) in [7, 11) is 0. The van der Waals surface area contributed by atoms with E-state index in [4.69, 9.17) is 0 Å². The topological polar surface area (TPSA) is 20.3 Å². The van der Waals surface area contributed by atoms with Crippen molar-refractivity contribution < 1.29 is 4.79 Å². The fourth-order valence-electron chi connectivity index (χ4n) is 5.20. The Bertz CT molecular complexity index is 945. The van der Waals surface area contributed by atoms with Gasteiger partial charge in [0.1, 0.15) is 0 Å². The van der Waals surface area contributed by atoms with Crippen LogP contribution in [0.25, 0.3) is 11.6 Å². The number of rotatable bonds is 18. The SMILES string of the molecule is CCCCCCCCCCCCCCCCCCN1C=CC(=CC=C2C(=O)C=Cc3ccccc32)C=C1. The third kappa shape index (κ3) is 11.1. The molecule has 0 amide bonds. The second-order valence-electron chi connectivity index (χ2n) is 10.7. The molecule has 3 rings (SSSR count). The van der Waals surface area contributed by atoms with E-state index in [0.717, 1.165) is 28.8 Å². The lowest BCUT2D eigenvalue weighted by Crippen LogP contribution is -2.13. The van der Waals surface area contributed by atoms with E-state index >= 15 is 0 Å². The number of carbonyl (C=O) groups is 1. The summed E-state index contributed by atoms with van der Waals surface area (Å²) in [6, 6.07) is 8.07. The maximum atomic E-state index is 12.4. The minimum atomic E-state index is 0.0736. The van der Waals surface area contributed by atoms with Crippen LogP contribution in [-0.2, 0) is 4.79 Å². The van der Waals surface area contributed by atoms with E-state index < -0.39 is 0 Å². The summed E-state index contributed by atoms with van der Waals surface area (Å²) < 4.78 is 0. The zero-order valence-corrected chi connectivity index (χ0v) is 23.3. The summed E-state index contributed by atoms with van der Waals surface area (Å²) in [5.41, 5.74) is 4.01. The molecule has 0 radical (unpaired) electrons. The fraction of sp³-hybridized carbons (Fsp3) is 0.514. The van der Waals surface area contributed by atoms with Crippen molar-refractivity contribution in [1.82, 2.24) is 4.90 Å². The molecule has 0 bridgehead atoms. The predicted octanol–water partition coefficient (Wildman–Crippen LogP) is 10.2. The normalized spacial score (nSPS) is 15.6. The molecule has 2 heteroatoms. The van der Waals surface area contributed by atoms with E-state index in [2.05, 4.69) is 42.4 Å². The van der Waals surface area contributed by atoms with Gasteiger partial charge in [-0.1, -0.05) is 140 Å². The van der Waals surface area contributed by atoms with Crippen LogP contribution < -0.4 is 0 Å². The maximum Gasteiger partial charge on any atom is 0.186 e. The van der Waals surface area contributed by atoms with Crippen LogP contribution in [0.4, 0.5) is 0 Å². The van der Waals surface area contributed by atoms with Gasteiger partial charge < -0.3 is 4.90 Å². The molecule has 0 saturated carbocycles. The first-order valence-electron chi connectivity index (χ1n) is 15.1. The van der Waals surface area contributed by atoms with Crippen molar-refractivity contribution in [2.75, 3.05) is 6.54 Å². The number of unbranched alkanes of at least 4 members (excludes halogenated alkanes) is 15. The van der Waals surface area contributed by atoms with Crippen LogP contribution in [0.3, 0.4) is 0 Å². The van der Waals surface area contributed by atoms with E-state index in [0.29, 0.717) is 0 Å². The molecule has 1 heterocycles. The van der Waals surface area contributed by atoms with Gasteiger partial charge in [-0.15, -0.1) is 0 Å². The molecule has 2 nitrogen and oxygen atoms in total. The molecule has 37 heavy (non-hydrogen) atoms. The van der Waals surface area contributed by atoms with Gasteiger partial charge in [-0.25, -0.2) is 0 Å². The Labute approximate surface area is 226 Å². The third-order valence-corrected chi connectivity index (χ3v) is 7.56. The van der Waals surface area contributed by atoms with E-state index in [1.165, 1.54) is 103 Å². The molecule has 0 unspecified atom stereocenters. The zero-order valence-electron chi connectivity index (χ0n) is 23.3. The lowest BCUT2D eigenvalue weighted by atomic mass is 9.91. The van der Waals surface area contributed by atoms with E-state index in [9.17, 15) is 4.79 Å². The quantitative estimate of drug-likeness (QED) is 0.148. The summed E-state index contributed by atoms with van der Waals surface area (Å²) in [4.78, 5) is 14.7. The molecule has 0 aromatic heterocycles. The van der Waals surface area contributed by atoms with Crippen LogP contribution in [-0.4, -0.2) is 17.2 Å². The van der Waals surface area contributed by atoms with E-state index in [1.54, 1.807) is 6.08 Å². The summed E-state index contributed by atoms with van der Waals surface area (Å²) in [6.45, 7) is 3.37. The molecule has 2 aliphatic rings. The lowest BCUT2D eigenvalue weighted by molar-refractivity contribution is -0.109. The Kier molecular flexibility index (Phi) is 13.9. The Morgan fingerprint density at radius 1 is 0.622 bits per heavy atom. The van der Waals surface area contributed by atoms with Crippen molar-refractivity contribution in [3.63, 3.8) is 0 Å². The number of hydrogen-bond acceptors (Lipinski definition) is 2. The molecule has 1 aliphatic heterocycles. The first kappa shape index (κ1) is 29.0. The molecule has 0 fully saturated rings. The molecule has 0 spiro atoms. The number of hydrogen-bond donors (Lipinski definition) is 0. The Hall–Kier alpha value is -2.61. The van der Waals surface area contributed by atoms with Crippen molar-refractivity contribution in [3.05, 3.63) is 83.7 Å². The fourth-order valence-corrected chi connectivity index (χ4v) is 5.20. The van der Waals surface area contributed by atoms with Crippen LogP contribution in [0.1, 0.15) is 121 Å². The summed E-state index contributed by atoms with van der Waals surface area (Å²) >= 11 is 0. The van der Waals surface area contributed by atoms with Crippen LogP contribution in [0.15, 0.2) is 72.6 Å². The Balaban J connectivity index is 1.20. The second kappa shape index (κ2) is 17.8. The Morgan fingerprint density at radius 3 is 1.76 bits per heavy atom. The van der Waals surface area contributed by atoms with Crippen molar-refractivity contribution in [2.45, 2.75) is 110 Å². The van der Waals surface area contributed by atoms with Crippen molar-refractivity contribution in [1.29, 1.82) is 0 Å². The van der Waals surface area contributed by atoms with E-state index in [1.807, 2.05) is 36.4 Å². The summed E-state index contributed by atoms with van der Waals surface area (Å²) in [6.07, 6.45) is 38.7. The molecule has 0 atom stereocenters. The third-order valence-electron chi connectivity index (χ3n) is 7.56. The number of allylic oxidation sites excluding steroid dienone is 7. The molecule has 1 aromatic carbocycles. The smallest absolute Gasteiger partial charge is 0.186 e. The molecule has 200 valence electrons. The predicted molar refractivity (Wildman–Crippen MR) is 161 cm³/mol. The van der Waals surface area contributed by atoms with Gasteiger partial charge in [0.25, 0.3) is 0 Å². The number of nitrogens with zero attached hydrogens (tertiary/aromatic N) is 1. The molecular formula is C35H49NO. The molecule has 0 N–H and O–H groups in total. The molecule has 1 aliphatic carbocycles. The van der Waals surface area contributed by atoms with Crippen LogP contribution in [0, 0.1) is 0 Å². The van der Waals surface area contributed by atoms with Crippen LogP contribution in [0.2, 0.25) is 0 Å². The average Bonchev–Trinajstić information content (AvgIpc) is 2.93. The Morgan fingerprint density at radius 2 is 1.16 bits per heavy atom. The van der Waals surface area contributed by atoms with Gasteiger partial charge in [-0.3, -0.25) is 4.79 Å². The van der Waals surface area contributed by atoms with Gasteiger partial charge in [0, 0.05) is 24.5 Å². The van der Waals surface area contributed by atoms with Crippen molar-refractivity contribution in [3.8, 4) is 0 Å². The first-order chi connectivity index (χ1) is 18.3. The van der Waals surface area contributed by atoms with Crippen LogP contribution >= 0.6 is 0 Å². The standard InChI is InChI=1S/C35H49NO/c1-2-3-4-5-6-7-8-9-10-11-12-13-14-15-16-19-28-36-29-26-31(27-30-36)22-24-34-33-21-18-17-20-32(33)23-25-35(34)37/h17-18,20-27,29-30H,2-16,19,28H2,1H3. The maximum absolute atomic E-state index is 12.4. The van der Waals surface area contributed by atoms with Crippen molar-refractivity contribution >= 4 is 17.4 Å². The minimum Gasteiger partial charge on any atom is -0.354 e. The largest absolute Gasteiger partial charge is 0.354 e. The second-order valence-corrected chi connectivity index (χ2v) is 10.7. The van der Waals surface area contributed by atoms with Gasteiger partial charge in [0.15, 0.2) is 5.78 Å². The molecule has 1 aromatic rings. The number of carbonyl (C=O) groups excluding carboxylic acids is 1. The highest BCUT2D eigenvalue weighted by Crippen LogP contribution is 2.27. The first-order valence-corrected chi connectivity index (χ1v) is 15.1. The number of fused-ring (bicyclic) bond motifs is 1. The van der Waals surface area contributed by atoms with Crippen LogP contribution in [0.5, 0.6) is 0 Å². The highest BCUT2D eigenvalue weighted by atomic mass is 16.1. The monoisotopic (exact) mass is 499 g/mol. The molecular weight excluding hydrogens is 450 g/mol. The zero-order chi connectivity index (χ0) is 26.0. The average molecular weight is 500 g/mol. The minimum absolute atomic E-state index is 0.0736. The summed E-state index contributed by atoms with van der Waals surface area (Å²) in [5.74, 6) is 0.0736. The van der Waals surface area contributed by atoms with E-state index in [-0.39, 0.29) is 5.78 Å². The van der Waals surface area contributed by atoms with Gasteiger partial charge in [-0.05, 0) is 47.4 Å².